The Morgan fingerprint density at radius 1 is 1.24 bits per heavy atom. The van der Waals surface area contributed by atoms with Crippen LogP contribution in [0.25, 0.3) is 0 Å². The molecule has 3 heteroatoms. The van der Waals surface area contributed by atoms with E-state index in [9.17, 15) is 4.79 Å². The molecule has 2 aliphatic rings. The monoisotopic (exact) mass is 238 g/mol. The molecule has 0 aromatic heterocycles. The molecule has 1 aliphatic heterocycles. The zero-order chi connectivity index (χ0) is 12.1. The maximum Gasteiger partial charge on any atom is 0.225 e. The van der Waals surface area contributed by atoms with Gasteiger partial charge in [-0.05, 0) is 38.6 Å². The van der Waals surface area contributed by atoms with Crippen LogP contribution in [0.3, 0.4) is 0 Å². The van der Waals surface area contributed by atoms with Crippen LogP contribution in [0, 0.1) is 5.92 Å². The third-order valence-electron chi connectivity index (χ3n) is 4.11. The number of piperidine rings is 1. The van der Waals surface area contributed by atoms with Crippen molar-refractivity contribution in [2.75, 3.05) is 19.6 Å². The molecule has 1 N–H and O–H groups in total. The van der Waals surface area contributed by atoms with Crippen LogP contribution in [-0.2, 0) is 4.79 Å². The van der Waals surface area contributed by atoms with Gasteiger partial charge in [0, 0.05) is 25.0 Å². The molecule has 1 heterocycles. The maximum atomic E-state index is 12.3. The van der Waals surface area contributed by atoms with Crippen LogP contribution < -0.4 is 5.32 Å². The lowest BCUT2D eigenvalue weighted by Gasteiger charge is -2.35. The quantitative estimate of drug-likeness (QED) is 0.796. The molecule has 1 atom stereocenters. The molecule has 17 heavy (non-hydrogen) atoms. The molecule has 1 saturated heterocycles. The number of nitrogens with zero attached hydrogens (tertiary/aromatic N) is 1. The van der Waals surface area contributed by atoms with Crippen molar-refractivity contribution < 1.29 is 4.79 Å². The topological polar surface area (TPSA) is 32.3 Å². The molecule has 3 nitrogen and oxygen atoms in total. The SMILES string of the molecule is CCCN(CC1CCCCN1)C(=O)C1CCC1. The van der Waals surface area contributed by atoms with Crippen molar-refractivity contribution in [3.63, 3.8) is 0 Å². The van der Waals surface area contributed by atoms with E-state index in [1.807, 2.05) is 0 Å². The molecule has 1 amide bonds. The van der Waals surface area contributed by atoms with Gasteiger partial charge in [-0.15, -0.1) is 0 Å². The first kappa shape index (κ1) is 12.9. The molecule has 1 aliphatic carbocycles. The lowest BCUT2D eigenvalue weighted by atomic mass is 9.84. The molecule has 98 valence electrons. The predicted octanol–water partition coefficient (Wildman–Crippen LogP) is 2.17. The minimum absolute atomic E-state index is 0.352. The second-order valence-corrected chi connectivity index (χ2v) is 5.56. The number of carbonyl (C=O) groups is 1. The Balaban J connectivity index is 1.84. The van der Waals surface area contributed by atoms with Gasteiger partial charge in [0.05, 0.1) is 0 Å². The minimum atomic E-state index is 0.352. The van der Waals surface area contributed by atoms with Crippen molar-refractivity contribution in [1.29, 1.82) is 0 Å². The summed E-state index contributed by atoms with van der Waals surface area (Å²) in [6.07, 6.45) is 8.41. The highest BCUT2D eigenvalue weighted by molar-refractivity contribution is 5.79. The summed E-state index contributed by atoms with van der Waals surface area (Å²) in [5.41, 5.74) is 0. The smallest absolute Gasteiger partial charge is 0.225 e. The third kappa shape index (κ3) is 3.44. The van der Waals surface area contributed by atoms with Gasteiger partial charge in [0.25, 0.3) is 0 Å². The van der Waals surface area contributed by atoms with Crippen LogP contribution in [0.5, 0.6) is 0 Å². The number of hydrogen-bond acceptors (Lipinski definition) is 2. The van der Waals surface area contributed by atoms with Gasteiger partial charge in [-0.3, -0.25) is 4.79 Å². The summed E-state index contributed by atoms with van der Waals surface area (Å²) in [6, 6.07) is 0.541. The first-order valence-corrected chi connectivity index (χ1v) is 7.33. The summed E-state index contributed by atoms with van der Waals surface area (Å²) < 4.78 is 0. The summed E-state index contributed by atoms with van der Waals surface area (Å²) >= 11 is 0. The number of nitrogens with one attached hydrogen (secondary N) is 1. The first-order chi connectivity index (χ1) is 8.31. The molecule has 0 aromatic carbocycles. The van der Waals surface area contributed by atoms with Crippen LogP contribution >= 0.6 is 0 Å². The Labute approximate surface area is 105 Å². The van der Waals surface area contributed by atoms with E-state index in [-0.39, 0.29) is 0 Å². The van der Waals surface area contributed by atoms with Crippen LogP contribution in [-0.4, -0.2) is 36.5 Å². The second kappa shape index (κ2) is 6.39. The zero-order valence-electron chi connectivity index (χ0n) is 11.1. The summed E-state index contributed by atoms with van der Waals surface area (Å²) in [5.74, 6) is 0.774. The summed E-state index contributed by atoms with van der Waals surface area (Å²) in [7, 11) is 0. The van der Waals surface area contributed by atoms with Gasteiger partial charge >= 0.3 is 0 Å². The molecule has 0 radical (unpaired) electrons. The summed E-state index contributed by atoms with van der Waals surface area (Å²) in [5, 5.41) is 3.54. The van der Waals surface area contributed by atoms with E-state index >= 15 is 0 Å². The molecular formula is C14H26N2O. The minimum Gasteiger partial charge on any atom is -0.341 e. The maximum absolute atomic E-state index is 12.3. The van der Waals surface area contributed by atoms with Crippen LogP contribution in [0.4, 0.5) is 0 Å². The van der Waals surface area contributed by atoms with Gasteiger partial charge in [0.1, 0.15) is 0 Å². The summed E-state index contributed by atoms with van der Waals surface area (Å²) in [6.45, 7) is 5.16. The standard InChI is InChI=1S/C14H26N2O/c1-2-10-16(14(17)12-6-5-7-12)11-13-8-3-4-9-15-13/h12-13,15H,2-11H2,1H3. The van der Waals surface area contributed by atoms with Gasteiger partial charge in [0.15, 0.2) is 0 Å². The highest BCUT2D eigenvalue weighted by Gasteiger charge is 2.30. The predicted molar refractivity (Wildman–Crippen MR) is 69.9 cm³/mol. The van der Waals surface area contributed by atoms with Crippen molar-refractivity contribution in [3.05, 3.63) is 0 Å². The lowest BCUT2D eigenvalue weighted by molar-refractivity contribution is -0.138. The summed E-state index contributed by atoms with van der Waals surface area (Å²) in [4.78, 5) is 14.4. The van der Waals surface area contributed by atoms with Gasteiger partial charge in [-0.1, -0.05) is 19.8 Å². The lowest BCUT2D eigenvalue weighted by Crippen LogP contribution is -2.48. The van der Waals surface area contributed by atoms with Gasteiger partial charge in [-0.25, -0.2) is 0 Å². The van der Waals surface area contributed by atoms with E-state index in [2.05, 4.69) is 17.1 Å². The fourth-order valence-corrected chi connectivity index (χ4v) is 2.82. The molecule has 0 aromatic rings. The molecular weight excluding hydrogens is 212 g/mol. The van der Waals surface area contributed by atoms with Crippen LogP contribution in [0.15, 0.2) is 0 Å². The molecule has 0 spiro atoms. The Morgan fingerprint density at radius 2 is 2.06 bits per heavy atom. The van der Waals surface area contributed by atoms with Crippen LogP contribution in [0.2, 0.25) is 0 Å². The molecule has 2 rings (SSSR count). The highest BCUT2D eigenvalue weighted by atomic mass is 16.2. The fourth-order valence-electron chi connectivity index (χ4n) is 2.82. The van der Waals surface area contributed by atoms with E-state index in [1.54, 1.807) is 0 Å². The van der Waals surface area contributed by atoms with E-state index in [0.717, 1.165) is 38.9 Å². The molecule has 1 saturated carbocycles. The van der Waals surface area contributed by atoms with Crippen molar-refractivity contribution in [1.82, 2.24) is 10.2 Å². The Hall–Kier alpha value is -0.570. The Bertz CT molecular complexity index is 245. The first-order valence-electron chi connectivity index (χ1n) is 7.33. The molecule has 1 unspecified atom stereocenters. The van der Waals surface area contributed by atoms with E-state index in [0.29, 0.717) is 17.9 Å². The fraction of sp³-hybridized carbons (Fsp3) is 0.929. The van der Waals surface area contributed by atoms with E-state index in [1.165, 1.54) is 25.7 Å². The molecule has 0 bridgehead atoms. The molecule has 2 fully saturated rings. The van der Waals surface area contributed by atoms with Crippen LogP contribution in [0.1, 0.15) is 51.9 Å². The van der Waals surface area contributed by atoms with Crippen molar-refractivity contribution in [3.8, 4) is 0 Å². The van der Waals surface area contributed by atoms with E-state index < -0.39 is 0 Å². The van der Waals surface area contributed by atoms with Crippen molar-refractivity contribution >= 4 is 5.91 Å². The normalized spacial score (nSPS) is 25.4. The average molecular weight is 238 g/mol. The number of rotatable bonds is 5. The second-order valence-electron chi connectivity index (χ2n) is 5.56. The number of hydrogen-bond donors (Lipinski definition) is 1. The third-order valence-corrected chi connectivity index (χ3v) is 4.11. The van der Waals surface area contributed by atoms with Crippen molar-refractivity contribution in [2.45, 2.75) is 57.9 Å². The Kier molecular flexibility index (Phi) is 4.84. The van der Waals surface area contributed by atoms with Gasteiger partial charge in [-0.2, -0.15) is 0 Å². The van der Waals surface area contributed by atoms with Crippen molar-refractivity contribution in [2.24, 2.45) is 5.92 Å². The van der Waals surface area contributed by atoms with Gasteiger partial charge in [0.2, 0.25) is 5.91 Å². The highest BCUT2D eigenvalue weighted by Crippen LogP contribution is 2.28. The number of carbonyl (C=O) groups excluding carboxylic acids is 1. The van der Waals surface area contributed by atoms with E-state index in [4.69, 9.17) is 0 Å². The Morgan fingerprint density at radius 3 is 2.59 bits per heavy atom. The number of amides is 1. The zero-order valence-corrected chi connectivity index (χ0v) is 11.1. The average Bonchev–Trinajstić information content (AvgIpc) is 2.27. The van der Waals surface area contributed by atoms with Gasteiger partial charge < -0.3 is 10.2 Å². The largest absolute Gasteiger partial charge is 0.341 e.